The Morgan fingerprint density at radius 3 is 2.26 bits per heavy atom. The molecule has 0 amide bonds. The number of methoxy groups -OCH3 is 1. The third-order valence-corrected chi connectivity index (χ3v) is 13.0. The summed E-state index contributed by atoms with van der Waals surface area (Å²) in [5.41, 5.74) is 1.54. The fourth-order valence-electron chi connectivity index (χ4n) is 4.65. The molecular weight excluding hydrogens is 560 g/mol. The van der Waals surface area contributed by atoms with Crippen LogP contribution in [0.1, 0.15) is 70.8 Å². The van der Waals surface area contributed by atoms with Crippen LogP contribution in [0.4, 0.5) is 0 Å². The summed E-state index contributed by atoms with van der Waals surface area (Å²) < 4.78 is 36.7. The van der Waals surface area contributed by atoms with Crippen molar-refractivity contribution in [2.24, 2.45) is 5.92 Å². The summed E-state index contributed by atoms with van der Waals surface area (Å²) in [4.78, 5) is 13.2. The summed E-state index contributed by atoms with van der Waals surface area (Å²) in [5.74, 6) is -0.337. The molecule has 8 heteroatoms. The second-order valence-corrected chi connectivity index (χ2v) is 18.1. The predicted molar refractivity (Wildman–Crippen MR) is 173 cm³/mol. The van der Waals surface area contributed by atoms with Crippen LogP contribution < -0.4 is 4.74 Å². The molecule has 0 spiro atoms. The number of hydrogen-bond acceptors (Lipinski definition) is 7. The highest BCUT2D eigenvalue weighted by Crippen LogP contribution is 2.38. The first-order valence-corrected chi connectivity index (χ1v) is 18.2. The van der Waals surface area contributed by atoms with E-state index in [2.05, 4.69) is 53.8 Å². The average Bonchev–Trinajstić information content (AvgIpc) is 3.26. The van der Waals surface area contributed by atoms with Crippen LogP contribution >= 0.6 is 0 Å². The lowest BCUT2D eigenvalue weighted by atomic mass is 10.0. The van der Waals surface area contributed by atoms with Crippen LogP contribution in [0.2, 0.25) is 18.1 Å². The maximum Gasteiger partial charge on any atom is 0.338 e. The first kappa shape index (κ1) is 35.0. The van der Waals surface area contributed by atoms with Gasteiger partial charge in [-0.05, 0) is 87.1 Å². The number of carbonyl (C=O) groups is 1. The van der Waals surface area contributed by atoms with Gasteiger partial charge in [-0.2, -0.15) is 0 Å². The summed E-state index contributed by atoms with van der Waals surface area (Å²) >= 11 is 0. The van der Waals surface area contributed by atoms with E-state index >= 15 is 0 Å². The molecule has 7 nitrogen and oxygen atoms in total. The molecular formula is C35H52O7Si. The van der Waals surface area contributed by atoms with E-state index in [-0.39, 0.29) is 23.2 Å². The molecule has 0 radical (unpaired) electrons. The normalized spacial score (nSPS) is 21.0. The van der Waals surface area contributed by atoms with Crippen molar-refractivity contribution in [2.45, 2.75) is 110 Å². The number of ether oxygens (including phenoxy) is 5. The summed E-state index contributed by atoms with van der Waals surface area (Å²) in [6.07, 6.45) is 3.10. The zero-order valence-corrected chi connectivity index (χ0v) is 28.7. The zero-order valence-electron chi connectivity index (χ0n) is 27.7. The van der Waals surface area contributed by atoms with Crippen molar-refractivity contribution in [1.29, 1.82) is 0 Å². The summed E-state index contributed by atoms with van der Waals surface area (Å²) in [5, 5.41) is 0.113. The fraction of sp³-hybridized carbons (Fsp3) is 0.571. The van der Waals surface area contributed by atoms with Gasteiger partial charge in [-0.3, -0.25) is 0 Å². The fourth-order valence-corrected chi connectivity index (χ4v) is 6.15. The van der Waals surface area contributed by atoms with Crippen molar-refractivity contribution in [3.05, 3.63) is 77.9 Å². The van der Waals surface area contributed by atoms with Gasteiger partial charge in [-0.1, -0.05) is 64.1 Å². The van der Waals surface area contributed by atoms with Crippen LogP contribution in [0.5, 0.6) is 5.75 Å². The molecule has 238 valence electrons. The molecule has 1 fully saturated rings. The van der Waals surface area contributed by atoms with Crippen LogP contribution in [-0.4, -0.2) is 58.2 Å². The Labute approximate surface area is 260 Å². The maximum atomic E-state index is 13.2. The third-order valence-electron chi connectivity index (χ3n) is 8.40. The van der Waals surface area contributed by atoms with E-state index in [0.717, 1.165) is 11.3 Å². The number of hydrogen-bond donors (Lipinski definition) is 0. The van der Waals surface area contributed by atoms with Crippen molar-refractivity contribution < 1.29 is 32.9 Å². The van der Waals surface area contributed by atoms with Gasteiger partial charge in [-0.15, -0.1) is 0 Å². The van der Waals surface area contributed by atoms with E-state index < -0.39 is 32.3 Å². The van der Waals surface area contributed by atoms with E-state index in [9.17, 15) is 4.79 Å². The quantitative estimate of drug-likeness (QED) is 0.0928. The summed E-state index contributed by atoms with van der Waals surface area (Å²) in [7, 11) is -0.295. The van der Waals surface area contributed by atoms with Crippen LogP contribution in [0.25, 0.3) is 0 Å². The Hall–Kier alpha value is -2.49. The average molecular weight is 613 g/mol. The smallest absolute Gasteiger partial charge is 0.338 e. The number of benzene rings is 2. The van der Waals surface area contributed by atoms with Gasteiger partial charge in [0.05, 0.1) is 25.4 Å². The lowest BCUT2D eigenvalue weighted by molar-refractivity contribution is -0.153. The van der Waals surface area contributed by atoms with E-state index in [1.807, 2.05) is 62.4 Å². The van der Waals surface area contributed by atoms with Gasteiger partial charge in [0, 0.05) is 12.7 Å². The van der Waals surface area contributed by atoms with E-state index in [0.29, 0.717) is 25.2 Å². The van der Waals surface area contributed by atoms with Gasteiger partial charge >= 0.3 is 5.97 Å². The monoisotopic (exact) mass is 612 g/mol. The third kappa shape index (κ3) is 10.3. The van der Waals surface area contributed by atoms with E-state index in [1.54, 1.807) is 19.2 Å². The van der Waals surface area contributed by atoms with Gasteiger partial charge in [0.25, 0.3) is 0 Å². The highest BCUT2D eigenvalue weighted by molar-refractivity contribution is 6.74. The molecule has 1 saturated heterocycles. The molecule has 1 aliphatic rings. The molecule has 0 saturated carbocycles. The van der Waals surface area contributed by atoms with Crippen molar-refractivity contribution in [3.63, 3.8) is 0 Å². The Morgan fingerprint density at radius 1 is 1.00 bits per heavy atom. The van der Waals surface area contributed by atoms with Crippen molar-refractivity contribution in [1.82, 2.24) is 0 Å². The highest BCUT2D eigenvalue weighted by Gasteiger charge is 2.46. The second-order valence-electron chi connectivity index (χ2n) is 13.4. The Morgan fingerprint density at radius 2 is 1.65 bits per heavy atom. The molecule has 3 rings (SSSR count). The molecule has 5 atom stereocenters. The molecule has 0 aliphatic carbocycles. The van der Waals surface area contributed by atoms with Gasteiger partial charge in [0.2, 0.25) is 0 Å². The van der Waals surface area contributed by atoms with Crippen LogP contribution in [0.3, 0.4) is 0 Å². The summed E-state index contributed by atoms with van der Waals surface area (Å²) in [6, 6.07) is 16.8. The minimum Gasteiger partial charge on any atom is -0.497 e. The molecule has 0 bridgehead atoms. The van der Waals surface area contributed by atoms with Crippen LogP contribution in [-0.2, 0) is 30.0 Å². The molecule has 0 aromatic heterocycles. The van der Waals surface area contributed by atoms with Crippen LogP contribution in [0.15, 0.2) is 66.7 Å². The first-order valence-electron chi connectivity index (χ1n) is 15.3. The summed E-state index contributed by atoms with van der Waals surface area (Å²) in [6.45, 7) is 20.2. The first-order chi connectivity index (χ1) is 20.1. The standard InChI is InChI=1S/C35H52O7Si/c1-25(26(2)42-43(9,10)34(3,4)5)16-21-30(39-33(36)28-14-12-11-13-15-28)32-31(40-35(6,7)41-32)22-23-38-24-27-17-19-29(37-8)20-18-27/h11-21,25-26,30-32H,22-24H2,1-10H3/t25-,26-,30?,31+,32-/m1/s1. The van der Waals surface area contributed by atoms with Crippen molar-refractivity contribution in [3.8, 4) is 5.75 Å². The predicted octanol–water partition coefficient (Wildman–Crippen LogP) is 7.95. The van der Waals surface area contributed by atoms with Gasteiger partial charge in [0.15, 0.2) is 14.1 Å². The largest absolute Gasteiger partial charge is 0.497 e. The minimum atomic E-state index is -1.95. The van der Waals surface area contributed by atoms with E-state index in [1.165, 1.54) is 0 Å². The highest BCUT2D eigenvalue weighted by atomic mass is 28.4. The number of esters is 1. The Balaban J connectivity index is 1.74. The molecule has 0 N–H and O–H groups in total. The molecule has 2 aromatic carbocycles. The Bertz CT molecular complexity index is 1170. The van der Waals surface area contributed by atoms with E-state index in [4.69, 9.17) is 28.1 Å². The van der Waals surface area contributed by atoms with Gasteiger partial charge in [0.1, 0.15) is 18.0 Å². The number of rotatable bonds is 14. The lowest BCUT2D eigenvalue weighted by Crippen LogP contribution is -2.44. The molecule has 1 unspecified atom stereocenters. The SMILES string of the molecule is COc1ccc(COCC[C@@H]2OC(C)(C)O[C@@H]2C(C=C[C@@H](C)[C@@H](C)O[Si](C)(C)C(C)(C)C)OC(=O)c2ccccc2)cc1. The molecule has 43 heavy (non-hydrogen) atoms. The lowest BCUT2D eigenvalue weighted by Gasteiger charge is -2.39. The van der Waals surface area contributed by atoms with Gasteiger partial charge in [-0.25, -0.2) is 4.79 Å². The number of carbonyl (C=O) groups excluding carboxylic acids is 1. The van der Waals surface area contributed by atoms with Gasteiger partial charge < -0.3 is 28.1 Å². The van der Waals surface area contributed by atoms with Crippen LogP contribution in [0, 0.1) is 5.92 Å². The molecule has 2 aromatic rings. The van der Waals surface area contributed by atoms with Crippen molar-refractivity contribution in [2.75, 3.05) is 13.7 Å². The molecule has 1 aliphatic heterocycles. The molecule has 1 heterocycles. The zero-order chi connectivity index (χ0) is 31.8. The maximum absolute atomic E-state index is 13.2. The van der Waals surface area contributed by atoms with Crippen molar-refractivity contribution >= 4 is 14.3 Å². The Kier molecular flexibility index (Phi) is 12.2. The second kappa shape index (κ2) is 15.0. The minimum absolute atomic E-state index is 0.00181. The topological polar surface area (TPSA) is 72.5 Å².